The number of hydrogen-bond donors (Lipinski definition) is 1. The van der Waals surface area contributed by atoms with Crippen LogP contribution in [0.4, 0.5) is 4.79 Å². The van der Waals surface area contributed by atoms with Gasteiger partial charge in [0.25, 0.3) is 0 Å². The number of hydrogen-bond acceptors (Lipinski definition) is 4. The molecule has 1 aromatic rings. The highest BCUT2D eigenvalue weighted by molar-refractivity contribution is 5.76. The maximum Gasteiger partial charge on any atom is 0.514 e. The lowest BCUT2D eigenvalue weighted by molar-refractivity contribution is -0.148. The fraction of sp³-hybridized carbons (Fsp3) is 0.385. The van der Waals surface area contributed by atoms with Crippen LogP contribution in [-0.2, 0) is 9.53 Å². The lowest BCUT2D eigenvalue weighted by Gasteiger charge is -2.12. The summed E-state index contributed by atoms with van der Waals surface area (Å²) in [6.45, 7) is 1.93. The summed E-state index contributed by atoms with van der Waals surface area (Å²) >= 11 is 0. The van der Waals surface area contributed by atoms with Gasteiger partial charge in [0.2, 0.25) is 6.10 Å². The largest absolute Gasteiger partial charge is 0.514 e. The van der Waals surface area contributed by atoms with E-state index in [0.717, 1.165) is 6.42 Å². The van der Waals surface area contributed by atoms with Crippen LogP contribution in [0.25, 0.3) is 0 Å². The van der Waals surface area contributed by atoms with Crippen molar-refractivity contribution < 1.29 is 24.2 Å². The second-order valence-corrected chi connectivity index (χ2v) is 3.75. The van der Waals surface area contributed by atoms with E-state index in [9.17, 15) is 9.59 Å². The van der Waals surface area contributed by atoms with Crippen LogP contribution in [0.1, 0.15) is 26.2 Å². The van der Waals surface area contributed by atoms with Crippen LogP contribution >= 0.6 is 0 Å². The molecule has 1 aromatic carbocycles. The van der Waals surface area contributed by atoms with Gasteiger partial charge in [-0.1, -0.05) is 31.5 Å². The van der Waals surface area contributed by atoms with E-state index in [0.29, 0.717) is 12.2 Å². The molecular formula is C13H16O5. The summed E-state index contributed by atoms with van der Waals surface area (Å²) in [5.74, 6) is -0.837. The molecule has 0 heterocycles. The van der Waals surface area contributed by atoms with Gasteiger partial charge < -0.3 is 14.6 Å². The summed E-state index contributed by atoms with van der Waals surface area (Å²) in [7, 11) is 0. The molecular weight excluding hydrogens is 236 g/mol. The van der Waals surface area contributed by atoms with Gasteiger partial charge in [0.05, 0.1) is 0 Å². The van der Waals surface area contributed by atoms with Crippen molar-refractivity contribution in [2.75, 3.05) is 0 Å². The molecule has 0 amide bonds. The Morgan fingerprint density at radius 1 is 1.28 bits per heavy atom. The zero-order chi connectivity index (χ0) is 13.4. The monoisotopic (exact) mass is 252 g/mol. The van der Waals surface area contributed by atoms with Crippen LogP contribution in [-0.4, -0.2) is 23.3 Å². The zero-order valence-corrected chi connectivity index (χ0v) is 10.2. The quantitative estimate of drug-likeness (QED) is 0.622. The molecule has 1 N–H and O–H groups in total. The van der Waals surface area contributed by atoms with Gasteiger partial charge in [-0.3, -0.25) is 0 Å². The van der Waals surface area contributed by atoms with Crippen molar-refractivity contribution in [1.82, 2.24) is 0 Å². The summed E-state index contributed by atoms with van der Waals surface area (Å²) < 4.78 is 9.61. The highest BCUT2D eigenvalue weighted by Gasteiger charge is 2.22. The molecule has 18 heavy (non-hydrogen) atoms. The van der Waals surface area contributed by atoms with Gasteiger partial charge in [-0.15, -0.1) is 0 Å². The van der Waals surface area contributed by atoms with E-state index in [1.165, 1.54) is 0 Å². The molecule has 0 aromatic heterocycles. The number of carboxylic acid groups (broad SMARTS) is 1. The van der Waals surface area contributed by atoms with E-state index in [2.05, 4.69) is 0 Å². The predicted octanol–water partition coefficient (Wildman–Crippen LogP) is 2.85. The van der Waals surface area contributed by atoms with Crippen molar-refractivity contribution in [3.63, 3.8) is 0 Å². The lowest BCUT2D eigenvalue weighted by Crippen LogP contribution is -2.28. The minimum atomic E-state index is -1.16. The lowest BCUT2D eigenvalue weighted by atomic mass is 10.2. The third-order valence-corrected chi connectivity index (χ3v) is 2.28. The first-order valence-corrected chi connectivity index (χ1v) is 5.79. The Kier molecular flexibility index (Phi) is 5.70. The third kappa shape index (κ3) is 4.86. The van der Waals surface area contributed by atoms with Crippen LogP contribution in [0, 0.1) is 0 Å². The fourth-order valence-corrected chi connectivity index (χ4v) is 1.35. The third-order valence-electron chi connectivity index (χ3n) is 2.28. The average molecular weight is 252 g/mol. The average Bonchev–Trinajstić information content (AvgIpc) is 2.35. The molecule has 98 valence electrons. The van der Waals surface area contributed by atoms with Gasteiger partial charge in [-0.05, 0) is 25.0 Å². The molecule has 0 aliphatic heterocycles. The fourth-order valence-electron chi connectivity index (χ4n) is 1.35. The molecule has 0 saturated heterocycles. The Balaban J connectivity index is 2.48. The van der Waals surface area contributed by atoms with Crippen LogP contribution in [0.3, 0.4) is 0 Å². The molecule has 0 bridgehead atoms. The van der Waals surface area contributed by atoms with Gasteiger partial charge in [0.15, 0.2) is 0 Å². The van der Waals surface area contributed by atoms with Gasteiger partial charge in [0.1, 0.15) is 5.75 Å². The highest BCUT2D eigenvalue weighted by Crippen LogP contribution is 2.11. The van der Waals surface area contributed by atoms with Crippen LogP contribution < -0.4 is 4.74 Å². The van der Waals surface area contributed by atoms with Gasteiger partial charge in [-0.2, -0.15) is 0 Å². The van der Waals surface area contributed by atoms with E-state index in [1.54, 1.807) is 30.3 Å². The molecule has 0 spiro atoms. The summed E-state index contributed by atoms with van der Waals surface area (Å²) in [4.78, 5) is 22.2. The summed E-state index contributed by atoms with van der Waals surface area (Å²) in [5, 5.41) is 8.88. The van der Waals surface area contributed by atoms with Gasteiger partial charge in [0, 0.05) is 0 Å². The van der Waals surface area contributed by atoms with E-state index >= 15 is 0 Å². The van der Waals surface area contributed by atoms with Crippen LogP contribution in [0.15, 0.2) is 30.3 Å². The Morgan fingerprint density at radius 2 is 1.94 bits per heavy atom. The predicted molar refractivity (Wildman–Crippen MR) is 64.5 cm³/mol. The van der Waals surface area contributed by atoms with Crippen molar-refractivity contribution >= 4 is 12.1 Å². The molecule has 0 fully saturated rings. The van der Waals surface area contributed by atoms with E-state index in [4.69, 9.17) is 14.6 Å². The molecule has 5 heteroatoms. The summed E-state index contributed by atoms with van der Waals surface area (Å²) in [6.07, 6.45) is -0.350. The van der Waals surface area contributed by atoms with Crippen LogP contribution in [0.2, 0.25) is 0 Å². The number of para-hydroxylation sites is 1. The number of carboxylic acids is 1. The normalized spacial score (nSPS) is 11.6. The molecule has 5 nitrogen and oxygen atoms in total. The number of carbonyl (C=O) groups is 2. The van der Waals surface area contributed by atoms with Crippen molar-refractivity contribution in [2.45, 2.75) is 32.3 Å². The maximum atomic E-state index is 11.4. The Morgan fingerprint density at radius 3 is 2.50 bits per heavy atom. The Labute approximate surface area is 105 Å². The molecule has 0 radical (unpaired) electrons. The molecule has 0 aliphatic carbocycles. The van der Waals surface area contributed by atoms with Crippen molar-refractivity contribution in [3.8, 4) is 5.75 Å². The zero-order valence-electron chi connectivity index (χ0n) is 10.2. The number of benzene rings is 1. The SMILES string of the molecule is CCCCC(OC(=O)Oc1ccccc1)C(=O)O. The topological polar surface area (TPSA) is 72.8 Å². The number of ether oxygens (including phenoxy) is 2. The number of unbranched alkanes of at least 4 members (excludes halogenated alkanes) is 1. The van der Waals surface area contributed by atoms with Crippen molar-refractivity contribution in [1.29, 1.82) is 0 Å². The summed E-state index contributed by atoms with van der Waals surface area (Å²) in [6, 6.07) is 8.36. The van der Waals surface area contributed by atoms with E-state index < -0.39 is 18.2 Å². The summed E-state index contributed by atoms with van der Waals surface area (Å²) in [5.41, 5.74) is 0. The molecule has 1 atom stereocenters. The highest BCUT2D eigenvalue weighted by atomic mass is 16.7. The molecule has 1 rings (SSSR count). The van der Waals surface area contributed by atoms with Crippen molar-refractivity contribution in [3.05, 3.63) is 30.3 Å². The van der Waals surface area contributed by atoms with E-state index in [1.807, 2.05) is 6.92 Å². The number of aliphatic carboxylic acids is 1. The first-order valence-electron chi connectivity index (χ1n) is 5.79. The molecule has 0 saturated carbocycles. The Hall–Kier alpha value is -2.04. The number of rotatable bonds is 6. The maximum absolute atomic E-state index is 11.4. The second-order valence-electron chi connectivity index (χ2n) is 3.75. The Bertz CT molecular complexity index is 388. The smallest absolute Gasteiger partial charge is 0.479 e. The first-order chi connectivity index (χ1) is 8.63. The van der Waals surface area contributed by atoms with E-state index in [-0.39, 0.29) is 6.42 Å². The first kappa shape index (κ1) is 14.0. The van der Waals surface area contributed by atoms with Gasteiger partial charge in [-0.25, -0.2) is 9.59 Å². The second kappa shape index (κ2) is 7.32. The van der Waals surface area contributed by atoms with Crippen LogP contribution in [0.5, 0.6) is 5.75 Å². The minimum Gasteiger partial charge on any atom is -0.479 e. The van der Waals surface area contributed by atoms with Gasteiger partial charge >= 0.3 is 12.1 Å². The van der Waals surface area contributed by atoms with Crippen molar-refractivity contribution in [2.24, 2.45) is 0 Å². The number of carbonyl (C=O) groups excluding carboxylic acids is 1. The standard InChI is InChI=1S/C13H16O5/c1-2-3-9-11(12(14)15)18-13(16)17-10-7-5-4-6-8-10/h4-8,11H,2-3,9H2,1H3,(H,14,15). The molecule has 1 unspecified atom stereocenters. The minimum absolute atomic E-state index is 0.287. The molecule has 0 aliphatic rings.